The molecule has 160 valence electrons. The summed E-state index contributed by atoms with van der Waals surface area (Å²) in [5, 5.41) is 16.2. The molecule has 2 N–H and O–H groups in total. The molecule has 0 bridgehead atoms. The second kappa shape index (κ2) is 29.6. The molecule has 0 amide bonds. The molecule has 0 aromatic heterocycles. The van der Waals surface area contributed by atoms with E-state index in [1.54, 1.807) is 0 Å². The average molecular weight is 377 g/mol. The van der Waals surface area contributed by atoms with Gasteiger partial charge in [0, 0.05) is 13.2 Å². The molecule has 0 spiro atoms. The fourth-order valence-electron chi connectivity index (χ4n) is 2.66. The molecular formula is C22H48O4. The maximum absolute atomic E-state index is 8.09. The number of aliphatic hydroxyl groups is 2. The lowest BCUT2D eigenvalue weighted by molar-refractivity contribution is 0.0650. The van der Waals surface area contributed by atoms with Crippen molar-refractivity contribution in [2.24, 2.45) is 0 Å². The quantitative estimate of drug-likeness (QED) is 0.276. The molecule has 0 aromatic rings. The van der Waals surface area contributed by atoms with Gasteiger partial charge in [0.2, 0.25) is 0 Å². The third-order valence-corrected chi connectivity index (χ3v) is 4.26. The Hall–Kier alpha value is -0.160. The molecular weight excluding hydrogens is 328 g/mol. The van der Waals surface area contributed by atoms with Crippen LogP contribution in [0.25, 0.3) is 0 Å². The van der Waals surface area contributed by atoms with Crippen molar-refractivity contribution in [3.05, 3.63) is 0 Å². The van der Waals surface area contributed by atoms with E-state index < -0.39 is 0 Å². The van der Waals surface area contributed by atoms with Gasteiger partial charge >= 0.3 is 0 Å². The number of aliphatic hydroxyl groups excluding tert-OH is 2. The zero-order valence-corrected chi connectivity index (χ0v) is 17.9. The lowest BCUT2D eigenvalue weighted by atomic mass is 10.1. The van der Waals surface area contributed by atoms with E-state index in [2.05, 4.69) is 18.6 Å². The Labute approximate surface area is 163 Å². The molecule has 4 heteroatoms. The van der Waals surface area contributed by atoms with Gasteiger partial charge in [-0.3, -0.25) is 0 Å². The highest BCUT2D eigenvalue weighted by Crippen LogP contribution is 2.08. The number of unbranched alkanes of at least 4 members (excludes halogenated alkanes) is 12. The van der Waals surface area contributed by atoms with Gasteiger partial charge < -0.3 is 19.7 Å². The third kappa shape index (κ3) is 31.6. The monoisotopic (exact) mass is 376 g/mol. The van der Waals surface area contributed by atoms with Gasteiger partial charge in [0.15, 0.2) is 0 Å². The second-order valence-corrected chi connectivity index (χ2v) is 6.91. The highest BCUT2D eigenvalue weighted by Gasteiger charge is 1.93. The standard InChI is InChI=1S/C18H38O.C4H10O3/c1-3-5-7-9-11-13-15-17-19-18-16-14-12-10-8-6-4-2;5-1-3-7-4-2-6/h3-18H2,1-2H3;5-6H,1-4H2. The molecule has 0 atom stereocenters. The van der Waals surface area contributed by atoms with Crippen molar-refractivity contribution in [1.29, 1.82) is 0 Å². The zero-order chi connectivity index (χ0) is 19.6. The van der Waals surface area contributed by atoms with Gasteiger partial charge in [0.25, 0.3) is 0 Å². The predicted octanol–water partition coefficient (Wildman–Crippen LogP) is 5.49. The fraction of sp³-hybridized carbons (Fsp3) is 1.00. The van der Waals surface area contributed by atoms with Crippen LogP contribution in [-0.2, 0) is 9.47 Å². The van der Waals surface area contributed by atoms with E-state index in [1.165, 1.54) is 89.9 Å². The van der Waals surface area contributed by atoms with Crippen molar-refractivity contribution in [1.82, 2.24) is 0 Å². The van der Waals surface area contributed by atoms with Crippen LogP contribution in [0, 0.1) is 0 Å². The maximum Gasteiger partial charge on any atom is 0.0698 e. The van der Waals surface area contributed by atoms with Crippen LogP contribution >= 0.6 is 0 Å². The first kappa shape index (κ1) is 28.1. The van der Waals surface area contributed by atoms with Crippen LogP contribution in [0.15, 0.2) is 0 Å². The first-order chi connectivity index (χ1) is 12.8. The van der Waals surface area contributed by atoms with Gasteiger partial charge in [-0.15, -0.1) is 0 Å². The van der Waals surface area contributed by atoms with Crippen molar-refractivity contribution in [2.75, 3.05) is 39.6 Å². The van der Waals surface area contributed by atoms with Crippen LogP contribution in [0.2, 0.25) is 0 Å². The Bertz CT molecular complexity index is 192. The van der Waals surface area contributed by atoms with Crippen LogP contribution in [0.4, 0.5) is 0 Å². The van der Waals surface area contributed by atoms with Crippen LogP contribution in [0.5, 0.6) is 0 Å². The minimum Gasteiger partial charge on any atom is -0.394 e. The Balaban J connectivity index is 0. The van der Waals surface area contributed by atoms with E-state index in [-0.39, 0.29) is 13.2 Å². The number of hydrogen-bond acceptors (Lipinski definition) is 4. The van der Waals surface area contributed by atoms with Gasteiger partial charge in [-0.2, -0.15) is 0 Å². The fourth-order valence-corrected chi connectivity index (χ4v) is 2.66. The number of rotatable bonds is 20. The Morgan fingerprint density at radius 1 is 0.423 bits per heavy atom. The first-order valence-corrected chi connectivity index (χ1v) is 11.2. The molecule has 0 aliphatic rings. The molecule has 0 heterocycles. The maximum atomic E-state index is 8.09. The first-order valence-electron chi connectivity index (χ1n) is 11.2. The molecule has 4 nitrogen and oxygen atoms in total. The molecule has 0 rings (SSSR count). The minimum atomic E-state index is 0.0278. The zero-order valence-electron chi connectivity index (χ0n) is 17.9. The topological polar surface area (TPSA) is 58.9 Å². The molecule has 0 aliphatic heterocycles. The van der Waals surface area contributed by atoms with E-state index in [4.69, 9.17) is 14.9 Å². The van der Waals surface area contributed by atoms with Crippen molar-refractivity contribution < 1.29 is 19.7 Å². The lowest BCUT2D eigenvalue weighted by Crippen LogP contribution is -2.03. The Morgan fingerprint density at radius 3 is 1.08 bits per heavy atom. The smallest absolute Gasteiger partial charge is 0.0698 e. The summed E-state index contributed by atoms with van der Waals surface area (Å²) >= 11 is 0. The molecule has 26 heavy (non-hydrogen) atoms. The van der Waals surface area contributed by atoms with Gasteiger partial charge in [-0.1, -0.05) is 90.9 Å². The average Bonchev–Trinajstić information content (AvgIpc) is 2.66. The summed E-state index contributed by atoms with van der Waals surface area (Å²) in [6.07, 6.45) is 19.3. The summed E-state index contributed by atoms with van der Waals surface area (Å²) in [4.78, 5) is 0. The summed E-state index contributed by atoms with van der Waals surface area (Å²) in [7, 11) is 0. The largest absolute Gasteiger partial charge is 0.394 e. The highest BCUT2D eigenvalue weighted by atomic mass is 16.5. The summed E-state index contributed by atoms with van der Waals surface area (Å²) in [6.45, 7) is 7.23. The van der Waals surface area contributed by atoms with Crippen molar-refractivity contribution in [2.45, 2.75) is 104 Å². The molecule has 0 saturated carbocycles. The summed E-state index contributed by atoms with van der Waals surface area (Å²) in [6, 6.07) is 0. The predicted molar refractivity (Wildman–Crippen MR) is 112 cm³/mol. The van der Waals surface area contributed by atoms with E-state index in [9.17, 15) is 0 Å². The highest BCUT2D eigenvalue weighted by molar-refractivity contribution is 4.46. The normalized spacial score (nSPS) is 10.6. The Kier molecular flexibility index (Phi) is 31.9. The SMILES string of the molecule is CCCCCCCCCOCCCCCCCCC.OCCOCCO. The van der Waals surface area contributed by atoms with E-state index >= 15 is 0 Å². The van der Waals surface area contributed by atoms with Crippen LogP contribution in [-0.4, -0.2) is 49.9 Å². The van der Waals surface area contributed by atoms with Crippen molar-refractivity contribution in [3.8, 4) is 0 Å². The van der Waals surface area contributed by atoms with Gasteiger partial charge in [-0.05, 0) is 12.8 Å². The minimum absolute atomic E-state index is 0.0278. The summed E-state index contributed by atoms with van der Waals surface area (Å²) in [5.41, 5.74) is 0. The molecule has 0 aliphatic carbocycles. The van der Waals surface area contributed by atoms with Gasteiger partial charge in [0.1, 0.15) is 0 Å². The van der Waals surface area contributed by atoms with E-state index in [1.807, 2.05) is 0 Å². The Morgan fingerprint density at radius 2 is 0.731 bits per heavy atom. The van der Waals surface area contributed by atoms with Gasteiger partial charge in [0.05, 0.1) is 26.4 Å². The van der Waals surface area contributed by atoms with Crippen LogP contribution in [0.1, 0.15) is 104 Å². The molecule has 0 saturated heterocycles. The number of ether oxygens (including phenoxy) is 2. The van der Waals surface area contributed by atoms with Crippen molar-refractivity contribution >= 4 is 0 Å². The summed E-state index contributed by atoms with van der Waals surface area (Å²) < 4.78 is 10.3. The van der Waals surface area contributed by atoms with E-state index in [0.29, 0.717) is 13.2 Å². The van der Waals surface area contributed by atoms with Gasteiger partial charge in [-0.25, -0.2) is 0 Å². The van der Waals surface area contributed by atoms with Crippen molar-refractivity contribution in [3.63, 3.8) is 0 Å². The molecule has 0 unspecified atom stereocenters. The van der Waals surface area contributed by atoms with Crippen LogP contribution < -0.4 is 0 Å². The molecule has 0 fully saturated rings. The second-order valence-electron chi connectivity index (χ2n) is 6.91. The third-order valence-electron chi connectivity index (χ3n) is 4.26. The molecule has 0 aromatic carbocycles. The lowest BCUT2D eigenvalue weighted by Gasteiger charge is -2.04. The molecule has 0 radical (unpaired) electrons. The summed E-state index contributed by atoms with van der Waals surface area (Å²) in [5.74, 6) is 0. The number of hydrogen-bond donors (Lipinski definition) is 2. The van der Waals surface area contributed by atoms with Crippen LogP contribution in [0.3, 0.4) is 0 Å². The van der Waals surface area contributed by atoms with E-state index in [0.717, 1.165) is 13.2 Å².